The monoisotopic (exact) mass is 272 g/mol. The van der Waals surface area contributed by atoms with Crippen LogP contribution in [0.1, 0.15) is 11.3 Å². The topological polar surface area (TPSA) is 77.8 Å². The molecule has 3 rings (SSSR count). The van der Waals surface area contributed by atoms with Crippen LogP contribution in [-0.4, -0.2) is 15.0 Å². The number of nitrogens with two attached hydrogens (primary N) is 1. The average Bonchev–Trinajstić information content (AvgIpc) is 2.78. The normalized spacial score (nSPS) is 11.0. The van der Waals surface area contributed by atoms with Gasteiger partial charge in [-0.2, -0.15) is 4.98 Å². The number of oxazole rings is 1. The van der Waals surface area contributed by atoms with Gasteiger partial charge in [0.05, 0.1) is 0 Å². The summed E-state index contributed by atoms with van der Waals surface area (Å²) in [6.45, 7) is 1.93. The van der Waals surface area contributed by atoms with Crippen molar-refractivity contribution < 1.29 is 4.42 Å². The van der Waals surface area contributed by atoms with Gasteiger partial charge in [0.1, 0.15) is 5.82 Å². The first kappa shape index (κ1) is 12.0. The van der Waals surface area contributed by atoms with E-state index in [1.165, 1.54) is 11.8 Å². The van der Waals surface area contributed by atoms with Crippen LogP contribution >= 0.6 is 11.8 Å². The van der Waals surface area contributed by atoms with E-state index in [-0.39, 0.29) is 0 Å². The third-order valence-electron chi connectivity index (χ3n) is 2.58. The van der Waals surface area contributed by atoms with Crippen molar-refractivity contribution in [3.05, 3.63) is 41.7 Å². The van der Waals surface area contributed by atoms with E-state index >= 15 is 0 Å². The summed E-state index contributed by atoms with van der Waals surface area (Å²) in [4.78, 5) is 12.6. The third kappa shape index (κ3) is 2.68. The van der Waals surface area contributed by atoms with Crippen LogP contribution in [0.5, 0.6) is 0 Å². The highest BCUT2D eigenvalue weighted by Gasteiger charge is 2.08. The fraction of sp³-hybridized carbons (Fsp3) is 0.154. The number of hydrogen-bond donors (Lipinski definition) is 1. The molecule has 0 unspecified atom stereocenters. The minimum Gasteiger partial charge on any atom is -0.430 e. The molecular formula is C13H12N4OS. The molecule has 3 aromatic heterocycles. The molecule has 3 aromatic rings. The summed E-state index contributed by atoms with van der Waals surface area (Å²) in [6.07, 6.45) is 1.70. The largest absolute Gasteiger partial charge is 0.430 e. The number of aryl methyl sites for hydroxylation is 1. The quantitative estimate of drug-likeness (QED) is 0.739. The van der Waals surface area contributed by atoms with Crippen molar-refractivity contribution in [1.29, 1.82) is 0 Å². The van der Waals surface area contributed by atoms with Crippen molar-refractivity contribution in [3.8, 4) is 0 Å². The Kier molecular flexibility index (Phi) is 3.08. The third-order valence-corrected chi connectivity index (χ3v) is 3.48. The van der Waals surface area contributed by atoms with Crippen LogP contribution in [0.25, 0.3) is 11.2 Å². The van der Waals surface area contributed by atoms with Crippen LogP contribution < -0.4 is 5.73 Å². The first-order valence-electron chi connectivity index (χ1n) is 5.78. The van der Waals surface area contributed by atoms with Crippen LogP contribution in [0, 0.1) is 6.92 Å². The van der Waals surface area contributed by atoms with Crippen LogP contribution in [0.3, 0.4) is 0 Å². The Hall–Kier alpha value is -2.08. The molecule has 19 heavy (non-hydrogen) atoms. The molecule has 0 fully saturated rings. The van der Waals surface area contributed by atoms with Crippen molar-refractivity contribution in [2.45, 2.75) is 17.9 Å². The molecule has 96 valence electrons. The summed E-state index contributed by atoms with van der Waals surface area (Å²) in [5.74, 6) is 1.26. The van der Waals surface area contributed by atoms with Gasteiger partial charge in [0, 0.05) is 17.6 Å². The van der Waals surface area contributed by atoms with Gasteiger partial charge >= 0.3 is 0 Å². The minimum atomic E-state index is 0.521. The zero-order valence-corrected chi connectivity index (χ0v) is 11.1. The molecule has 0 saturated carbocycles. The lowest BCUT2D eigenvalue weighted by Gasteiger charge is -1.98. The van der Waals surface area contributed by atoms with E-state index < -0.39 is 0 Å². The Morgan fingerprint density at radius 3 is 3.00 bits per heavy atom. The molecule has 0 spiro atoms. The summed E-state index contributed by atoms with van der Waals surface area (Å²) < 4.78 is 5.62. The van der Waals surface area contributed by atoms with E-state index in [1.807, 2.05) is 31.2 Å². The van der Waals surface area contributed by atoms with E-state index in [2.05, 4.69) is 15.0 Å². The lowest BCUT2D eigenvalue weighted by atomic mass is 10.3. The second kappa shape index (κ2) is 4.89. The average molecular weight is 272 g/mol. The molecule has 0 aliphatic carbocycles. The van der Waals surface area contributed by atoms with E-state index in [9.17, 15) is 0 Å². The summed E-state index contributed by atoms with van der Waals surface area (Å²) in [5.41, 5.74) is 9.01. The van der Waals surface area contributed by atoms with E-state index in [0.717, 1.165) is 17.0 Å². The highest BCUT2D eigenvalue weighted by Crippen LogP contribution is 2.25. The molecule has 0 radical (unpaired) electrons. The summed E-state index contributed by atoms with van der Waals surface area (Å²) >= 11 is 1.51. The number of nitrogens with zero attached hydrogens (tertiary/aromatic N) is 3. The molecule has 0 aliphatic heterocycles. The highest BCUT2D eigenvalue weighted by molar-refractivity contribution is 7.98. The molecule has 0 saturated heterocycles. The predicted molar refractivity (Wildman–Crippen MR) is 74.8 cm³/mol. The number of fused-ring (bicyclic) bond motifs is 1. The standard InChI is InChI=1S/C13H12N4OS/c1-8-2-3-10-12(16-8)17-13(18-10)19-7-9-4-5-15-11(14)6-9/h2-6H,7H2,1H3,(H2,14,15). The molecule has 0 aromatic carbocycles. The second-order valence-corrected chi connectivity index (χ2v) is 5.06. The zero-order chi connectivity index (χ0) is 13.2. The Labute approximate surface area is 114 Å². The van der Waals surface area contributed by atoms with Gasteiger partial charge in [-0.05, 0) is 36.8 Å². The molecule has 2 N–H and O–H groups in total. The molecular weight excluding hydrogens is 260 g/mol. The molecule has 0 amide bonds. The maximum absolute atomic E-state index is 5.64. The maximum atomic E-state index is 5.64. The van der Waals surface area contributed by atoms with Crippen molar-refractivity contribution in [1.82, 2.24) is 15.0 Å². The Morgan fingerprint density at radius 2 is 2.16 bits per heavy atom. The van der Waals surface area contributed by atoms with Gasteiger partial charge in [0.15, 0.2) is 11.2 Å². The molecule has 0 bridgehead atoms. The second-order valence-electron chi connectivity index (χ2n) is 4.13. The van der Waals surface area contributed by atoms with Crippen LogP contribution in [0.15, 0.2) is 40.1 Å². The highest BCUT2D eigenvalue weighted by atomic mass is 32.2. The minimum absolute atomic E-state index is 0.521. The fourth-order valence-electron chi connectivity index (χ4n) is 1.68. The van der Waals surface area contributed by atoms with Gasteiger partial charge < -0.3 is 10.2 Å². The number of rotatable bonds is 3. The van der Waals surface area contributed by atoms with Crippen LogP contribution in [-0.2, 0) is 5.75 Å². The number of pyridine rings is 2. The maximum Gasteiger partial charge on any atom is 0.258 e. The summed E-state index contributed by atoms with van der Waals surface area (Å²) in [7, 11) is 0. The van der Waals surface area contributed by atoms with Gasteiger partial charge in [-0.1, -0.05) is 11.8 Å². The van der Waals surface area contributed by atoms with Crippen LogP contribution in [0.4, 0.5) is 5.82 Å². The fourth-order valence-corrected chi connectivity index (χ4v) is 2.45. The van der Waals surface area contributed by atoms with E-state index in [0.29, 0.717) is 22.3 Å². The summed E-state index contributed by atoms with van der Waals surface area (Å²) in [5, 5.41) is 0.614. The van der Waals surface area contributed by atoms with Gasteiger partial charge in [-0.25, -0.2) is 9.97 Å². The number of nitrogen functional groups attached to an aromatic ring is 1. The molecule has 3 heterocycles. The number of anilines is 1. The van der Waals surface area contributed by atoms with Gasteiger partial charge in [0.2, 0.25) is 0 Å². The number of aromatic nitrogens is 3. The smallest absolute Gasteiger partial charge is 0.258 e. The van der Waals surface area contributed by atoms with Gasteiger partial charge in [0.25, 0.3) is 5.22 Å². The van der Waals surface area contributed by atoms with Crippen molar-refractivity contribution >= 4 is 28.8 Å². The molecule has 0 aliphatic rings. The Bertz CT molecular complexity index is 725. The lowest BCUT2D eigenvalue weighted by molar-refractivity contribution is 0.489. The first-order valence-corrected chi connectivity index (χ1v) is 6.77. The zero-order valence-electron chi connectivity index (χ0n) is 10.3. The summed E-state index contributed by atoms with van der Waals surface area (Å²) in [6, 6.07) is 7.57. The van der Waals surface area contributed by atoms with Crippen LogP contribution in [0.2, 0.25) is 0 Å². The predicted octanol–water partition coefficient (Wildman–Crippen LogP) is 2.80. The Morgan fingerprint density at radius 1 is 1.26 bits per heavy atom. The van der Waals surface area contributed by atoms with E-state index in [4.69, 9.17) is 10.2 Å². The number of thioether (sulfide) groups is 1. The number of hydrogen-bond acceptors (Lipinski definition) is 6. The van der Waals surface area contributed by atoms with Crippen molar-refractivity contribution in [2.75, 3.05) is 5.73 Å². The first-order chi connectivity index (χ1) is 9.20. The lowest BCUT2D eigenvalue weighted by Crippen LogP contribution is -1.90. The van der Waals surface area contributed by atoms with Crippen molar-refractivity contribution in [3.63, 3.8) is 0 Å². The van der Waals surface area contributed by atoms with Gasteiger partial charge in [-0.15, -0.1) is 0 Å². The Balaban J connectivity index is 1.78. The van der Waals surface area contributed by atoms with Crippen molar-refractivity contribution in [2.24, 2.45) is 0 Å². The van der Waals surface area contributed by atoms with E-state index in [1.54, 1.807) is 6.20 Å². The van der Waals surface area contributed by atoms with Gasteiger partial charge in [-0.3, -0.25) is 0 Å². The molecule has 6 heteroatoms. The molecule has 0 atom stereocenters. The molecule has 5 nitrogen and oxygen atoms in total. The SMILES string of the molecule is Cc1ccc2oc(SCc3ccnc(N)c3)nc2n1.